The van der Waals surface area contributed by atoms with E-state index in [1.807, 2.05) is 13.0 Å². The lowest BCUT2D eigenvalue weighted by atomic mass is 10.2. The first-order valence-corrected chi connectivity index (χ1v) is 9.26. The number of benzene rings is 1. The van der Waals surface area contributed by atoms with Crippen molar-refractivity contribution in [2.24, 2.45) is 4.99 Å². The van der Waals surface area contributed by atoms with Crippen LogP contribution in [0.5, 0.6) is 0 Å². The molecular weight excluding hydrogens is 455 g/mol. The van der Waals surface area contributed by atoms with Crippen LogP contribution in [0.3, 0.4) is 0 Å². The third-order valence-corrected chi connectivity index (χ3v) is 5.00. The van der Waals surface area contributed by atoms with Gasteiger partial charge in [0.15, 0.2) is 8.93 Å². The molecule has 6 nitrogen and oxygen atoms in total. The maximum Gasteiger partial charge on any atom is 0.335 e. The van der Waals surface area contributed by atoms with E-state index in [9.17, 15) is 9.59 Å². The number of carbonyl (C=O) groups excluding carboxylic acids is 1. The summed E-state index contributed by atoms with van der Waals surface area (Å²) >= 11 is 3.34. The van der Waals surface area contributed by atoms with Gasteiger partial charge in [0.1, 0.15) is 5.76 Å². The van der Waals surface area contributed by atoms with Crippen molar-refractivity contribution in [3.8, 4) is 0 Å². The SMILES string of the molecule is CCN1C(=O)/C(=C/c2ccc(I)o2)SC1=Nc1ccc(C(=O)O)cc1. The largest absolute Gasteiger partial charge is 0.478 e. The number of halogens is 1. The van der Waals surface area contributed by atoms with Crippen LogP contribution in [0.15, 0.2) is 50.7 Å². The zero-order valence-electron chi connectivity index (χ0n) is 13.1. The van der Waals surface area contributed by atoms with Crippen LogP contribution in [0.1, 0.15) is 23.0 Å². The highest BCUT2D eigenvalue weighted by Gasteiger charge is 2.32. The van der Waals surface area contributed by atoms with Gasteiger partial charge < -0.3 is 9.52 Å². The molecule has 2 aromatic rings. The average Bonchev–Trinajstić information content (AvgIpc) is 3.12. The third-order valence-electron chi connectivity index (χ3n) is 3.41. The summed E-state index contributed by atoms with van der Waals surface area (Å²) in [5, 5.41) is 9.50. The van der Waals surface area contributed by atoms with Crippen molar-refractivity contribution < 1.29 is 19.1 Å². The number of rotatable bonds is 4. The number of carbonyl (C=O) groups is 2. The molecule has 1 aromatic carbocycles. The number of likely N-dealkylation sites (N-methyl/N-ethyl adjacent to an activating group) is 1. The normalized spacial score (nSPS) is 17.7. The molecule has 1 saturated heterocycles. The van der Waals surface area contributed by atoms with Gasteiger partial charge >= 0.3 is 5.97 Å². The van der Waals surface area contributed by atoms with E-state index < -0.39 is 5.97 Å². The lowest BCUT2D eigenvalue weighted by Gasteiger charge is -2.11. The second kappa shape index (κ2) is 7.44. The van der Waals surface area contributed by atoms with Crippen molar-refractivity contribution in [3.63, 3.8) is 0 Å². The Bertz CT molecular complexity index is 886. The van der Waals surface area contributed by atoms with Crippen molar-refractivity contribution >= 4 is 63.2 Å². The summed E-state index contributed by atoms with van der Waals surface area (Å²) in [6.07, 6.45) is 1.70. The fourth-order valence-electron chi connectivity index (χ4n) is 2.19. The van der Waals surface area contributed by atoms with E-state index in [-0.39, 0.29) is 11.5 Å². The number of nitrogens with zero attached hydrogens (tertiary/aromatic N) is 2. The number of carboxylic acid groups (broad SMARTS) is 1. The van der Waals surface area contributed by atoms with Crippen molar-refractivity contribution in [2.45, 2.75) is 6.92 Å². The molecule has 1 aromatic heterocycles. The lowest BCUT2D eigenvalue weighted by Crippen LogP contribution is -2.28. The Balaban J connectivity index is 1.89. The lowest BCUT2D eigenvalue weighted by molar-refractivity contribution is -0.122. The van der Waals surface area contributed by atoms with E-state index in [2.05, 4.69) is 27.6 Å². The number of furan rings is 1. The predicted octanol–water partition coefficient (Wildman–Crippen LogP) is 4.21. The van der Waals surface area contributed by atoms with Gasteiger partial charge in [-0.2, -0.15) is 0 Å². The fourth-order valence-corrected chi connectivity index (χ4v) is 3.67. The van der Waals surface area contributed by atoms with Crippen molar-refractivity contribution in [2.75, 3.05) is 6.54 Å². The molecule has 0 spiro atoms. The Hall–Kier alpha value is -2.07. The quantitative estimate of drug-likeness (QED) is 0.537. The maximum absolute atomic E-state index is 12.5. The Morgan fingerprint density at radius 3 is 2.60 bits per heavy atom. The maximum atomic E-state index is 12.5. The summed E-state index contributed by atoms with van der Waals surface area (Å²) in [4.78, 5) is 30.0. The van der Waals surface area contributed by atoms with Crippen molar-refractivity contribution in [1.82, 2.24) is 4.90 Å². The van der Waals surface area contributed by atoms with Gasteiger partial charge in [-0.05, 0) is 77.7 Å². The topological polar surface area (TPSA) is 83.1 Å². The molecule has 0 bridgehead atoms. The summed E-state index contributed by atoms with van der Waals surface area (Å²) in [5.74, 6) is -0.499. The van der Waals surface area contributed by atoms with Crippen LogP contribution >= 0.6 is 34.4 Å². The summed E-state index contributed by atoms with van der Waals surface area (Å²) in [7, 11) is 0. The van der Waals surface area contributed by atoms with Gasteiger partial charge in [0.25, 0.3) is 5.91 Å². The standard InChI is InChI=1S/C17H13IN2O4S/c1-2-20-15(21)13(9-12-7-8-14(18)24-12)25-17(20)19-11-5-3-10(4-6-11)16(22)23/h3-9H,2H2,1H3,(H,22,23)/b13-9-,19-17?. The molecule has 128 valence electrons. The Kier molecular flexibility index (Phi) is 5.28. The molecule has 1 amide bonds. The zero-order valence-corrected chi connectivity index (χ0v) is 16.1. The molecule has 25 heavy (non-hydrogen) atoms. The van der Waals surface area contributed by atoms with Gasteiger partial charge in [-0.1, -0.05) is 0 Å². The molecule has 3 rings (SSSR count). The number of hydrogen-bond donors (Lipinski definition) is 1. The summed E-state index contributed by atoms with van der Waals surface area (Å²) in [5.41, 5.74) is 0.784. The molecule has 0 unspecified atom stereocenters. The minimum Gasteiger partial charge on any atom is -0.478 e. The van der Waals surface area contributed by atoms with Crippen LogP contribution in [0, 0.1) is 3.77 Å². The number of hydrogen-bond acceptors (Lipinski definition) is 5. The predicted molar refractivity (Wildman–Crippen MR) is 105 cm³/mol. The number of aliphatic imine (C=N–C) groups is 1. The van der Waals surface area contributed by atoms with Gasteiger partial charge in [0, 0.05) is 12.6 Å². The minimum atomic E-state index is -0.988. The summed E-state index contributed by atoms with van der Waals surface area (Å²) < 4.78 is 6.23. The molecule has 1 aliphatic rings. The van der Waals surface area contributed by atoms with Gasteiger partial charge in [-0.15, -0.1) is 0 Å². The van der Waals surface area contributed by atoms with Gasteiger partial charge in [0.2, 0.25) is 0 Å². The monoisotopic (exact) mass is 468 g/mol. The Labute approximate surface area is 161 Å². The number of thioether (sulfide) groups is 1. The smallest absolute Gasteiger partial charge is 0.335 e. The van der Waals surface area contributed by atoms with Crippen molar-refractivity contribution in [3.05, 3.63) is 56.4 Å². The summed E-state index contributed by atoms with van der Waals surface area (Å²) in [6, 6.07) is 9.84. The molecule has 1 fully saturated rings. The number of aromatic carboxylic acids is 1. The van der Waals surface area contributed by atoms with Gasteiger partial charge in [-0.25, -0.2) is 9.79 Å². The molecule has 0 radical (unpaired) electrons. The van der Waals surface area contributed by atoms with Crippen LogP contribution in [0.2, 0.25) is 0 Å². The molecule has 0 atom stereocenters. The highest BCUT2D eigenvalue weighted by atomic mass is 127. The van der Waals surface area contributed by atoms with Crippen LogP contribution in [0.25, 0.3) is 6.08 Å². The second-order valence-electron chi connectivity index (χ2n) is 5.05. The van der Waals surface area contributed by atoms with E-state index in [0.29, 0.717) is 28.1 Å². The molecule has 1 N–H and O–H groups in total. The van der Waals surface area contributed by atoms with Crippen LogP contribution in [0.4, 0.5) is 5.69 Å². The molecule has 0 aliphatic carbocycles. The van der Waals surface area contributed by atoms with E-state index in [0.717, 1.165) is 3.77 Å². The van der Waals surface area contributed by atoms with E-state index in [1.165, 1.54) is 23.9 Å². The number of amidine groups is 1. The first-order valence-electron chi connectivity index (χ1n) is 7.36. The molecule has 0 saturated carbocycles. The van der Waals surface area contributed by atoms with Crippen LogP contribution in [-0.4, -0.2) is 33.6 Å². The van der Waals surface area contributed by atoms with Crippen molar-refractivity contribution in [1.29, 1.82) is 0 Å². The highest BCUT2D eigenvalue weighted by Crippen LogP contribution is 2.34. The van der Waals surface area contributed by atoms with E-state index in [1.54, 1.807) is 29.2 Å². The van der Waals surface area contributed by atoms with E-state index >= 15 is 0 Å². The van der Waals surface area contributed by atoms with Gasteiger partial charge in [0.05, 0.1) is 16.2 Å². The molecular formula is C17H13IN2O4S. The van der Waals surface area contributed by atoms with Crippen LogP contribution in [-0.2, 0) is 4.79 Å². The molecule has 2 heterocycles. The molecule has 1 aliphatic heterocycles. The van der Waals surface area contributed by atoms with Crippen LogP contribution < -0.4 is 0 Å². The fraction of sp³-hybridized carbons (Fsp3) is 0.118. The first kappa shape index (κ1) is 17.7. The third kappa shape index (κ3) is 3.96. The minimum absolute atomic E-state index is 0.125. The van der Waals surface area contributed by atoms with Gasteiger partial charge in [-0.3, -0.25) is 9.69 Å². The highest BCUT2D eigenvalue weighted by molar-refractivity contribution is 14.1. The first-order chi connectivity index (χ1) is 12.0. The number of carboxylic acids is 1. The number of amides is 1. The van der Waals surface area contributed by atoms with E-state index in [4.69, 9.17) is 9.52 Å². The Morgan fingerprint density at radius 1 is 1.32 bits per heavy atom. The molecule has 8 heteroatoms. The Morgan fingerprint density at radius 2 is 2.04 bits per heavy atom. The average molecular weight is 468 g/mol. The zero-order chi connectivity index (χ0) is 18.0. The second-order valence-corrected chi connectivity index (χ2v) is 7.12. The summed E-state index contributed by atoms with van der Waals surface area (Å²) in [6.45, 7) is 2.37.